The van der Waals surface area contributed by atoms with Gasteiger partial charge in [-0.25, -0.2) is 0 Å². The summed E-state index contributed by atoms with van der Waals surface area (Å²) in [6.07, 6.45) is 0.779. The van der Waals surface area contributed by atoms with Crippen molar-refractivity contribution in [1.29, 1.82) is 0 Å². The molecule has 3 N–H and O–H groups in total. The lowest BCUT2D eigenvalue weighted by Crippen LogP contribution is -2.39. The molecule has 2 unspecified atom stereocenters. The summed E-state index contributed by atoms with van der Waals surface area (Å²) in [5.41, 5.74) is 5.35. The topological polar surface area (TPSA) is 64.3 Å². The molecular weight excluding hydrogens is 192 g/mol. The third-order valence-electron chi connectivity index (χ3n) is 1.77. The number of hydrogen-bond donors (Lipinski definition) is 2. The number of nitrogens with two attached hydrogens (primary N) is 1. The van der Waals surface area contributed by atoms with Gasteiger partial charge in [-0.3, -0.25) is 4.79 Å². The number of amides is 1. The second kappa shape index (κ2) is 6.08. The highest BCUT2D eigenvalue weighted by Gasteiger charge is 2.14. The minimum atomic E-state index is -0.276. The second-order valence-corrected chi connectivity index (χ2v) is 5.08. The Labute approximate surface area is 92.6 Å². The van der Waals surface area contributed by atoms with Gasteiger partial charge in [0, 0.05) is 12.1 Å². The Hall–Kier alpha value is -0.610. The monoisotopic (exact) mass is 216 g/mol. The number of nitrogens with one attached hydrogen (secondary N) is 1. The second-order valence-electron chi connectivity index (χ2n) is 5.08. The maximum atomic E-state index is 11.4. The highest BCUT2D eigenvalue weighted by atomic mass is 16.5. The van der Waals surface area contributed by atoms with Gasteiger partial charge in [-0.1, -0.05) is 0 Å². The zero-order valence-electron chi connectivity index (χ0n) is 10.5. The zero-order valence-corrected chi connectivity index (χ0v) is 10.5. The van der Waals surface area contributed by atoms with E-state index in [4.69, 9.17) is 10.5 Å². The highest BCUT2D eigenvalue weighted by molar-refractivity contribution is 5.77. The van der Waals surface area contributed by atoms with Crippen LogP contribution in [0.3, 0.4) is 0 Å². The van der Waals surface area contributed by atoms with Crippen molar-refractivity contribution in [3.63, 3.8) is 0 Å². The lowest BCUT2D eigenvalue weighted by molar-refractivity contribution is -0.131. The summed E-state index contributed by atoms with van der Waals surface area (Å²) in [7, 11) is 0. The van der Waals surface area contributed by atoms with Crippen LogP contribution in [-0.2, 0) is 9.53 Å². The quantitative estimate of drug-likeness (QED) is 0.722. The first-order valence-electron chi connectivity index (χ1n) is 5.39. The highest BCUT2D eigenvalue weighted by Crippen LogP contribution is 2.05. The van der Waals surface area contributed by atoms with Gasteiger partial charge in [0.2, 0.25) is 5.91 Å². The van der Waals surface area contributed by atoms with Crippen LogP contribution in [0.25, 0.3) is 0 Å². The predicted octanol–water partition coefficient (Wildman–Crippen LogP) is 1.04. The van der Waals surface area contributed by atoms with Crippen molar-refractivity contribution in [3.05, 3.63) is 0 Å². The fraction of sp³-hybridized carbons (Fsp3) is 0.909. The molecule has 0 bridgehead atoms. The number of ether oxygens (including phenoxy) is 1. The minimum absolute atomic E-state index is 0.0851. The smallest absolute Gasteiger partial charge is 0.246 e. The summed E-state index contributed by atoms with van der Waals surface area (Å²) in [4.78, 5) is 11.4. The first-order valence-corrected chi connectivity index (χ1v) is 5.39. The molecule has 0 aromatic carbocycles. The Morgan fingerprint density at radius 2 is 1.93 bits per heavy atom. The molecular formula is C11H24N2O2. The molecule has 0 saturated carbocycles. The molecule has 90 valence electrons. The standard InChI is InChI=1S/C11H24N2O2/c1-8(12)6-9(2)13-10(14)7-15-11(3,4)5/h8-9H,6-7,12H2,1-5H3,(H,13,14). The van der Waals surface area contributed by atoms with E-state index in [-0.39, 0.29) is 30.2 Å². The van der Waals surface area contributed by atoms with Gasteiger partial charge in [0.25, 0.3) is 0 Å². The van der Waals surface area contributed by atoms with Crippen molar-refractivity contribution in [1.82, 2.24) is 5.32 Å². The molecule has 15 heavy (non-hydrogen) atoms. The first-order chi connectivity index (χ1) is 6.70. The van der Waals surface area contributed by atoms with E-state index in [0.29, 0.717) is 0 Å². The van der Waals surface area contributed by atoms with Gasteiger partial charge in [-0.2, -0.15) is 0 Å². The van der Waals surface area contributed by atoms with Crippen LogP contribution in [0.4, 0.5) is 0 Å². The lowest BCUT2D eigenvalue weighted by atomic mass is 10.1. The largest absolute Gasteiger partial charge is 0.366 e. The molecule has 0 aromatic heterocycles. The maximum Gasteiger partial charge on any atom is 0.246 e. The van der Waals surface area contributed by atoms with Crippen molar-refractivity contribution in [2.45, 2.75) is 58.7 Å². The normalized spacial score (nSPS) is 15.9. The van der Waals surface area contributed by atoms with Gasteiger partial charge in [-0.15, -0.1) is 0 Å². The van der Waals surface area contributed by atoms with Gasteiger partial charge in [0.15, 0.2) is 0 Å². The van der Waals surface area contributed by atoms with Gasteiger partial charge in [0.1, 0.15) is 6.61 Å². The van der Waals surface area contributed by atoms with Crippen LogP contribution >= 0.6 is 0 Å². The molecule has 0 aromatic rings. The Morgan fingerprint density at radius 3 is 2.33 bits per heavy atom. The van der Waals surface area contributed by atoms with Crippen LogP contribution < -0.4 is 11.1 Å². The Balaban J connectivity index is 3.74. The van der Waals surface area contributed by atoms with Crippen LogP contribution in [0.1, 0.15) is 41.0 Å². The molecule has 0 rings (SSSR count). The average Bonchev–Trinajstić information content (AvgIpc) is 1.97. The number of rotatable bonds is 5. The van der Waals surface area contributed by atoms with E-state index in [1.165, 1.54) is 0 Å². The Kier molecular flexibility index (Phi) is 5.83. The van der Waals surface area contributed by atoms with Crippen molar-refractivity contribution in [3.8, 4) is 0 Å². The van der Waals surface area contributed by atoms with Gasteiger partial charge in [0.05, 0.1) is 5.60 Å². The van der Waals surface area contributed by atoms with Crippen molar-refractivity contribution < 1.29 is 9.53 Å². The third kappa shape index (κ3) is 9.69. The molecule has 0 spiro atoms. The number of carbonyl (C=O) groups is 1. The summed E-state index contributed by atoms with van der Waals surface area (Å²) in [5, 5.41) is 2.84. The minimum Gasteiger partial charge on any atom is -0.366 e. The van der Waals surface area contributed by atoms with Crippen LogP contribution in [0.15, 0.2) is 0 Å². The van der Waals surface area contributed by atoms with Crippen molar-refractivity contribution in [2.24, 2.45) is 5.73 Å². The molecule has 2 atom stereocenters. The van der Waals surface area contributed by atoms with Gasteiger partial charge >= 0.3 is 0 Å². The van der Waals surface area contributed by atoms with Crippen LogP contribution in [0, 0.1) is 0 Å². The van der Waals surface area contributed by atoms with Crippen LogP contribution in [0.2, 0.25) is 0 Å². The van der Waals surface area contributed by atoms with E-state index in [9.17, 15) is 4.79 Å². The zero-order chi connectivity index (χ0) is 12.1. The van der Waals surface area contributed by atoms with E-state index in [0.717, 1.165) is 6.42 Å². The Bertz CT molecular complexity index is 197. The molecule has 4 heteroatoms. The maximum absolute atomic E-state index is 11.4. The van der Waals surface area contributed by atoms with Crippen LogP contribution in [0.5, 0.6) is 0 Å². The number of hydrogen-bond acceptors (Lipinski definition) is 3. The molecule has 0 aliphatic heterocycles. The van der Waals surface area contributed by atoms with Crippen molar-refractivity contribution in [2.75, 3.05) is 6.61 Å². The molecule has 0 aliphatic carbocycles. The van der Waals surface area contributed by atoms with Crippen molar-refractivity contribution >= 4 is 5.91 Å². The van der Waals surface area contributed by atoms with E-state index >= 15 is 0 Å². The Morgan fingerprint density at radius 1 is 1.40 bits per heavy atom. The summed E-state index contributed by atoms with van der Waals surface area (Å²) in [6.45, 7) is 9.74. The lowest BCUT2D eigenvalue weighted by Gasteiger charge is -2.21. The van der Waals surface area contributed by atoms with Crippen LogP contribution in [-0.4, -0.2) is 30.2 Å². The fourth-order valence-electron chi connectivity index (χ4n) is 1.22. The molecule has 4 nitrogen and oxygen atoms in total. The van der Waals surface area contributed by atoms with E-state index in [1.807, 2.05) is 34.6 Å². The fourth-order valence-corrected chi connectivity index (χ4v) is 1.22. The van der Waals surface area contributed by atoms with E-state index in [1.54, 1.807) is 0 Å². The molecule has 0 fully saturated rings. The predicted molar refractivity (Wildman–Crippen MR) is 61.6 cm³/mol. The van der Waals surface area contributed by atoms with E-state index < -0.39 is 0 Å². The summed E-state index contributed by atoms with van der Waals surface area (Å²) >= 11 is 0. The SMILES string of the molecule is CC(N)CC(C)NC(=O)COC(C)(C)C. The molecule has 1 amide bonds. The molecule has 0 radical (unpaired) electrons. The third-order valence-corrected chi connectivity index (χ3v) is 1.77. The molecule has 0 saturated heterocycles. The summed E-state index contributed by atoms with van der Waals surface area (Å²) < 4.78 is 5.35. The summed E-state index contributed by atoms with van der Waals surface area (Å²) in [6, 6.07) is 0.199. The first kappa shape index (κ1) is 14.4. The molecule has 0 aliphatic rings. The average molecular weight is 216 g/mol. The van der Waals surface area contributed by atoms with Gasteiger partial charge < -0.3 is 15.8 Å². The number of carbonyl (C=O) groups excluding carboxylic acids is 1. The molecule has 0 heterocycles. The van der Waals surface area contributed by atoms with E-state index in [2.05, 4.69) is 5.32 Å². The van der Waals surface area contributed by atoms with Gasteiger partial charge in [-0.05, 0) is 41.0 Å². The summed E-state index contributed by atoms with van der Waals surface area (Å²) in [5.74, 6) is -0.0851.